The number of carbonyl (C=O) groups excluding carboxylic acids is 1. The monoisotopic (exact) mass is 356 g/mol. The average molecular weight is 357 g/mol. The lowest BCUT2D eigenvalue weighted by atomic mass is 10.2. The Morgan fingerprint density at radius 1 is 1.32 bits per heavy atom. The molecule has 3 heterocycles. The van der Waals surface area contributed by atoms with E-state index < -0.39 is 0 Å². The molecule has 0 radical (unpaired) electrons. The second-order valence-electron chi connectivity index (χ2n) is 5.96. The van der Waals surface area contributed by atoms with Gasteiger partial charge in [-0.3, -0.25) is 9.48 Å². The van der Waals surface area contributed by atoms with Crippen LogP contribution in [0, 0.1) is 0 Å². The van der Waals surface area contributed by atoms with Crippen LogP contribution in [-0.4, -0.2) is 38.1 Å². The van der Waals surface area contributed by atoms with E-state index in [1.54, 1.807) is 26.7 Å². The van der Waals surface area contributed by atoms with Crippen molar-refractivity contribution in [2.45, 2.75) is 12.5 Å². The van der Waals surface area contributed by atoms with Gasteiger partial charge in [0, 0.05) is 37.2 Å². The Kier molecular flexibility index (Phi) is 3.93. The highest BCUT2D eigenvalue weighted by molar-refractivity contribution is 6.31. The number of nitrogens with one attached hydrogen (secondary N) is 1. The van der Waals surface area contributed by atoms with Gasteiger partial charge in [0.05, 0.1) is 23.3 Å². The number of hydrogen-bond acceptors (Lipinski definition) is 4. The number of aromatic nitrogens is 4. The largest absolute Gasteiger partial charge is 0.372 e. The zero-order valence-corrected chi connectivity index (χ0v) is 14.4. The molecule has 1 fully saturated rings. The van der Waals surface area contributed by atoms with E-state index >= 15 is 0 Å². The van der Waals surface area contributed by atoms with Crippen LogP contribution in [0.25, 0.3) is 5.69 Å². The molecule has 1 atom stereocenters. The Morgan fingerprint density at radius 2 is 2.20 bits per heavy atom. The van der Waals surface area contributed by atoms with Gasteiger partial charge in [0.1, 0.15) is 6.04 Å². The van der Waals surface area contributed by atoms with Crippen LogP contribution < -0.4 is 10.2 Å². The minimum atomic E-state index is -0.312. The summed E-state index contributed by atoms with van der Waals surface area (Å²) in [6.07, 6.45) is 7.82. The van der Waals surface area contributed by atoms with Crippen molar-refractivity contribution < 1.29 is 4.79 Å². The molecule has 1 saturated heterocycles. The molecule has 25 heavy (non-hydrogen) atoms. The summed E-state index contributed by atoms with van der Waals surface area (Å²) >= 11 is 6.15. The van der Waals surface area contributed by atoms with E-state index in [2.05, 4.69) is 15.5 Å². The van der Waals surface area contributed by atoms with Gasteiger partial charge in [-0.2, -0.15) is 10.2 Å². The Morgan fingerprint density at radius 3 is 2.92 bits per heavy atom. The maximum Gasteiger partial charge on any atom is 0.249 e. The number of nitrogens with zero attached hydrogens (tertiary/aromatic N) is 5. The van der Waals surface area contributed by atoms with Crippen molar-refractivity contribution in [1.82, 2.24) is 19.6 Å². The second kappa shape index (κ2) is 6.25. The summed E-state index contributed by atoms with van der Waals surface area (Å²) < 4.78 is 3.44. The molecule has 0 aliphatic carbocycles. The minimum Gasteiger partial charge on any atom is -0.372 e. The molecular formula is C17H17ClN6O. The predicted molar refractivity (Wildman–Crippen MR) is 96.2 cm³/mol. The Hall–Kier alpha value is -2.80. The highest BCUT2D eigenvalue weighted by atomic mass is 35.5. The van der Waals surface area contributed by atoms with Crippen LogP contribution in [0.3, 0.4) is 0 Å². The molecule has 8 heteroatoms. The van der Waals surface area contributed by atoms with Crippen LogP contribution in [-0.2, 0) is 11.8 Å². The summed E-state index contributed by atoms with van der Waals surface area (Å²) in [4.78, 5) is 14.5. The number of rotatable bonds is 4. The highest BCUT2D eigenvalue weighted by Gasteiger charge is 2.33. The van der Waals surface area contributed by atoms with Crippen LogP contribution in [0.1, 0.15) is 6.42 Å². The van der Waals surface area contributed by atoms with Gasteiger partial charge in [0.15, 0.2) is 0 Å². The molecule has 2 aromatic heterocycles. The van der Waals surface area contributed by atoms with Crippen molar-refractivity contribution in [3.8, 4) is 5.69 Å². The molecule has 1 aliphatic heterocycles. The van der Waals surface area contributed by atoms with Gasteiger partial charge in [-0.15, -0.1) is 0 Å². The molecule has 128 valence electrons. The normalized spacial score (nSPS) is 17.3. The van der Waals surface area contributed by atoms with Crippen LogP contribution >= 0.6 is 11.6 Å². The van der Waals surface area contributed by atoms with Crippen molar-refractivity contribution in [3.05, 3.63) is 54.1 Å². The van der Waals surface area contributed by atoms with E-state index in [0.29, 0.717) is 18.0 Å². The number of aryl methyl sites for hydroxylation is 1. The van der Waals surface area contributed by atoms with Crippen molar-refractivity contribution in [2.24, 2.45) is 7.05 Å². The molecular weight excluding hydrogens is 340 g/mol. The average Bonchev–Trinajstić information content (AvgIpc) is 3.31. The molecule has 0 saturated carbocycles. The third-order valence-electron chi connectivity index (χ3n) is 4.25. The third kappa shape index (κ3) is 2.98. The van der Waals surface area contributed by atoms with Crippen molar-refractivity contribution in [3.63, 3.8) is 0 Å². The Balaban J connectivity index is 1.59. The van der Waals surface area contributed by atoms with E-state index in [0.717, 1.165) is 17.1 Å². The maximum atomic E-state index is 12.8. The van der Waals surface area contributed by atoms with Crippen molar-refractivity contribution in [2.75, 3.05) is 16.8 Å². The summed E-state index contributed by atoms with van der Waals surface area (Å²) in [5.41, 5.74) is 2.44. The third-order valence-corrected chi connectivity index (χ3v) is 4.48. The molecule has 1 aromatic carbocycles. The zero-order valence-electron chi connectivity index (χ0n) is 13.6. The van der Waals surface area contributed by atoms with E-state index in [9.17, 15) is 4.79 Å². The smallest absolute Gasteiger partial charge is 0.249 e. The maximum absolute atomic E-state index is 12.8. The summed E-state index contributed by atoms with van der Waals surface area (Å²) in [7, 11) is 1.84. The summed E-state index contributed by atoms with van der Waals surface area (Å²) in [6.45, 7) is 0.653. The number of carbonyl (C=O) groups is 1. The van der Waals surface area contributed by atoms with Gasteiger partial charge in [0.25, 0.3) is 0 Å². The van der Waals surface area contributed by atoms with Gasteiger partial charge in [-0.05, 0) is 30.7 Å². The minimum absolute atomic E-state index is 0.0272. The first-order chi connectivity index (χ1) is 12.1. The lowest BCUT2D eigenvalue weighted by Gasteiger charge is -2.18. The van der Waals surface area contributed by atoms with Gasteiger partial charge in [-0.1, -0.05) is 11.6 Å². The van der Waals surface area contributed by atoms with Crippen LogP contribution in [0.15, 0.2) is 49.1 Å². The summed E-state index contributed by atoms with van der Waals surface area (Å²) in [5, 5.41) is 12.3. The lowest BCUT2D eigenvalue weighted by molar-refractivity contribution is -0.117. The van der Waals surface area contributed by atoms with Crippen LogP contribution in [0.5, 0.6) is 0 Å². The van der Waals surface area contributed by atoms with Crippen LogP contribution in [0.2, 0.25) is 5.02 Å². The first-order valence-electron chi connectivity index (χ1n) is 7.98. The molecule has 0 bridgehead atoms. The van der Waals surface area contributed by atoms with Crippen molar-refractivity contribution >= 4 is 28.9 Å². The van der Waals surface area contributed by atoms with Crippen molar-refractivity contribution in [1.29, 1.82) is 0 Å². The quantitative estimate of drug-likeness (QED) is 0.779. The molecule has 1 unspecified atom stereocenters. The fraction of sp³-hybridized carbons (Fsp3) is 0.235. The van der Waals surface area contributed by atoms with Gasteiger partial charge < -0.3 is 10.2 Å². The second-order valence-corrected chi connectivity index (χ2v) is 6.40. The number of amides is 1. The van der Waals surface area contributed by atoms with E-state index in [1.165, 1.54) is 0 Å². The summed E-state index contributed by atoms with van der Waals surface area (Å²) in [5.74, 6) is 0.0272. The molecule has 0 spiro atoms. The molecule has 4 rings (SSSR count). The molecule has 1 aliphatic rings. The fourth-order valence-electron chi connectivity index (χ4n) is 3.04. The molecule has 3 aromatic rings. The van der Waals surface area contributed by atoms with Gasteiger partial charge in [-0.25, -0.2) is 4.68 Å². The van der Waals surface area contributed by atoms with Crippen LogP contribution in [0.4, 0.5) is 11.4 Å². The van der Waals surface area contributed by atoms with E-state index in [1.807, 2.05) is 43.7 Å². The predicted octanol–water partition coefficient (Wildman–Crippen LogP) is 2.48. The molecule has 1 N–H and O–H groups in total. The fourth-order valence-corrected chi connectivity index (χ4v) is 3.21. The topological polar surface area (TPSA) is 68.0 Å². The van der Waals surface area contributed by atoms with Gasteiger partial charge >= 0.3 is 0 Å². The Labute approximate surface area is 149 Å². The highest BCUT2D eigenvalue weighted by Crippen LogP contribution is 2.28. The first kappa shape index (κ1) is 15.7. The first-order valence-corrected chi connectivity index (χ1v) is 8.36. The number of hydrogen-bond donors (Lipinski definition) is 1. The molecule has 1 amide bonds. The molecule has 7 nitrogen and oxygen atoms in total. The summed E-state index contributed by atoms with van der Waals surface area (Å²) in [6, 6.07) is 7.05. The SMILES string of the molecule is Cn1cc(N2CCC(Nc3cc(Cl)ccc3-n3cccn3)C2=O)cn1. The number of benzene rings is 1. The number of halogens is 1. The lowest BCUT2D eigenvalue weighted by Crippen LogP contribution is -2.33. The standard InChI is InChI=1S/C17H17ClN6O/c1-22-11-13(10-20-22)23-8-5-14(17(23)25)21-15-9-12(18)3-4-16(15)24-7-2-6-19-24/h2-4,6-7,9-11,14,21H,5,8H2,1H3. The zero-order chi connectivity index (χ0) is 17.4. The Bertz CT molecular complexity index is 904. The number of anilines is 2. The van der Waals surface area contributed by atoms with E-state index in [4.69, 9.17) is 11.6 Å². The van der Waals surface area contributed by atoms with Gasteiger partial charge in [0.2, 0.25) is 5.91 Å². The van der Waals surface area contributed by atoms with E-state index in [-0.39, 0.29) is 11.9 Å².